The summed E-state index contributed by atoms with van der Waals surface area (Å²) in [5.74, 6) is -3.28. The molecule has 0 bridgehead atoms. The van der Waals surface area contributed by atoms with Gasteiger partial charge in [-0.1, -0.05) is 11.6 Å². The van der Waals surface area contributed by atoms with E-state index in [4.69, 9.17) is 21.8 Å². The molecule has 4 nitrogen and oxygen atoms in total. The second-order valence-electron chi connectivity index (χ2n) is 1.18. The fraction of sp³-hybridized carbons (Fsp3) is 0.333. The van der Waals surface area contributed by atoms with Crippen molar-refractivity contribution in [2.24, 2.45) is 0 Å². The van der Waals surface area contributed by atoms with Crippen LogP contribution in [0.5, 0.6) is 0 Å². The van der Waals surface area contributed by atoms with Crippen LogP contribution in [0.25, 0.3) is 0 Å². The fourth-order valence-electron chi connectivity index (χ4n) is 0.0915. The average molecular weight is 241 g/mol. The van der Waals surface area contributed by atoms with Crippen LogP contribution in [0.1, 0.15) is 0 Å². The molecule has 0 saturated heterocycles. The summed E-state index contributed by atoms with van der Waals surface area (Å²) in [5.41, 5.74) is 0. The number of aliphatic carboxylic acids is 2. The molecule has 0 rings (SSSR count). The first-order valence-corrected chi connectivity index (χ1v) is 2.90. The van der Waals surface area contributed by atoms with Gasteiger partial charge in [-0.2, -0.15) is 0 Å². The number of hydrogen-bond donors (Lipinski definition) is 2. The van der Waals surface area contributed by atoms with E-state index in [0.29, 0.717) is 0 Å². The summed E-state index contributed by atoms with van der Waals surface area (Å²) in [6.07, 6.45) is 0. The van der Waals surface area contributed by atoms with Crippen molar-refractivity contribution in [3.05, 3.63) is 0 Å². The van der Waals surface area contributed by atoms with Gasteiger partial charge in [0, 0.05) is 0 Å². The molecule has 10 heavy (non-hydrogen) atoms. The van der Waals surface area contributed by atoms with Crippen molar-refractivity contribution >= 4 is 69.0 Å². The Kier molecular flexibility index (Phi) is 6.07. The Morgan fingerprint density at radius 2 is 1.50 bits per heavy atom. The molecule has 0 fully saturated rings. The zero-order valence-electron chi connectivity index (χ0n) is 3.97. The Morgan fingerprint density at radius 1 is 1.30 bits per heavy atom. The van der Waals surface area contributed by atoms with E-state index in [1.807, 2.05) is 0 Å². The predicted molar refractivity (Wildman–Crippen MR) is 39.9 cm³/mol. The molecule has 0 atom stereocenters. The Bertz CT molecular complexity index is 143. The zero-order chi connectivity index (χ0) is 7.65. The number of halogens is 2. The Morgan fingerprint density at radius 3 is 1.50 bits per heavy atom. The van der Waals surface area contributed by atoms with E-state index in [2.05, 4.69) is 15.9 Å². The monoisotopic (exact) mass is 240 g/mol. The molecular formula is C3H3BrClNaO4. The van der Waals surface area contributed by atoms with Gasteiger partial charge < -0.3 is 10.2 Å². The van der Waals surface area contributed by atoms with Crippen LogP contribution in [-0.4, -0.2) is 55.5 Å². The minimum absolute atomic E-state index is 0. The van der Waals surface area contributed by atoms with Crippen molar-refractivity contribution in [1.29, 1.82) is 0 Å². The van der Waals surface area contributed by atoms with Gasteiger partial charge in [-0.05, 0) is 15.9 Å². The molecule has 2 N–H and O–H groups in total. The number of alkyl halides is 2. The molecule has 0 amide bonds. The van der Waals surface area contributed by atoms with Crippen LogP contribution in [0.15, 0.2) is 0 Å². The molecular weight excluding hydrogens is 238 g/mol. The Balaban J connectivity index is 0. The van der Waals surface area contributed by atoms with E-state index >= 15 is 0 Å². The summed E-state index contributed by atoms with van der Waals surface area (Å²) < 4.78 is -2.38. The molecule has 0 aromatic heterocycles. The van der Waals surface area contributed by atoms with Gasteiger partial charge in [0.25, 0.3) is 3.78 Å². The fourth-order valence-corrected chi connectivity index (χ4v) is 0.0915. The number of carboxylic acids is 2. The predicted octanol–water partition coefficient (Wildman–Crippen LogP) is -0.163. The molecule has 0 aliphatic carbocycles. The number of carboxylic acid groups (broad SMARTS) is 2. The van der Waals surface area contributed by atoms with Crippen LogP contribution in [-0.2, 0) is 9.59 Å². The van der Waals surface area contributed by atoms with E-state index in [1.165, 1.54) is 0 Å². The third-order valence-electron chi connectivity index (χ3n) is 0.537. The van der Waals surface area contributed by atoms with Gasteiger partial charge in [0.15, 0.2) is 0 Å². The topological polar surface area (TPSA) is 74.6 Å². The summed E-state index contributed by atoms with van der Waals surface area (Å²) in [6.45, 7) is 0. The number of carbonyl (C=O) groups is 2. The van der Waals surface area contributed by atoms with Crippen molar-refractivity contribution in [2.45, 2.75) is 3.78 Å². The maximum atomic E-state index is 9.90. The van der Waals surface area contributed by atoms with E-state index in [9.17, 15) is 9.59 Å². The molecule has 0 aromatic carbocycles. The Labute approximate surface area is 92.0 Å². The van der Waals surface area contributed by atoms with Gasteiger partial charge in [-0.25, -0.2) is 9.59 Å². The molecule has 0 spiro atoms. The first-order chi connectivity index (χ1) is 3.89. The third kappa shape index (κ3) is 3.21. The van der Waals surface area contributed by atoms with Gasteiger partial charge in [0.2, 0.25) is 0 Å². The van der Waals surface area contributed by atoms with Crippen LogP contribution in [0, 0.1) is 0 Å². The first-order valence-electron chi connectivity index (χ1n) is 1.73. The summed E-state index contributed by atoms with van der Waals surface area (Å²) in [5, 5.41) is 16.1. The summed E-state index contributed by atoms with van der Waals surface area (Å²) in [7, 11) is 0. The van der Waals surface area contributed by atoms with Crippen molar-refractivity contribution in [3.63, 3.8) is 0 Å². The molecule has 0 heterocycles. The minimum atomic E-state index is -2.38. The van der Waals surface area contributed by atoms with E-state index in [0.717, 1.165) is 0 Å². The molecule has 0 aliphatic heterocycles. The SMILES string of the molecule is O=C(O)C(Cl)(Br)C(=O)O.[NaH]. The van der Waals surface area contributed by atoms with Crippen molar-refractivity contribution < 1.29 is 19.8 Å². The van der Waals surface area contributed by atoms with Crippen LogP contribution in [0.2, 0.25) is 0 Å². The molecule has 0 aromatic rings. The molecule has 54 valence electrons. The van der Waals surface area contributed by atoms with Crippen molar-refractivity contribution in [3.8, 4) is 0 Å². The summed E-state index contributed by atoms with van der Waals surface area (Å²) in [6, 6.07) is 0. The van der Waals surface area contributed by atoms with Gasteiger partial charge in [-0.15, -0.1) is 0 Å². The van der Waals surface area contributed by atoms with Gasteiger partial charge in [-0.3, -0.25) is 0 Å². The first kappa shape index (κ1) is 13.3. The van der Waals surface area contributed by atoms with Gasteiger partial charge in [0.1, 0.15) is 0 Å². The van der Waals surface area contributed by atoms with Crippen LogP contribution >= 0.6 is 27.5 Å². The Hall–Kier alpha value is 0.710. The second-order valence-corrected chi connectivity index (χ2v) is 3.40. The normalized spacial score (nSPS) is 9.80. The van der Waals surface area contributed by atoms with Gasteiger partial charge in [0.05, 0.1) is 0 Å². The molecule has 0 saturated carbocycles. The maximum absolute atomic E-state index is 9.90. The average Bonchev–Trinajstić information content (AvgIpc) is 1.65. The van der Waals surface area contributed by atoms with E-state index in [1.54, 1.807) is 0 Å². The zero-order valence-corrected chi connectivity index (χ0v) is 6.31. The molecule has 7 heteroatoms. The van der Waals surface area contributed by atoms with Crippen LogP contribution in [0.4, 0.5) is 0 Å². The van der Waals surface area contributed by atoms with Crippen molar-refractivity contribution in [2.75, 3.05) is 0 Å². The molecule has 0 unspecified atom stereocenters. The quantitative estimate of drug-likeness (QED) is 0.400. The number of hydrogen-bond acceptors (Lipinski definition) is 2. The summed E-state index contributed by atoms with van der Waals surface area (Å²) in [4.78, 5) is 19.8. The van der Waals surface area contributed by atoms with E-state index < -0.39 is 15.7 Å². The number of rotatable bonds is 2. The van der Waals surface area contributed by atoms with Crippen LogP contribution < -0.4 is 0 Å². The van der Waals surface area contributed by atoms with E-state index in [-0.39, 0.29) is 29.6 Å². The molecule has 0 radical (unpaired) electrons. The van der Waals surface area contributed by atoms with Crippen molar-refractivity contribution in [1.82, 2.24) is 0 Å². The van der Waals surface area contributed by atoms with Crippen LogP contribution in [0.3, 0.4) is 0 Å². The third-order valence-corrected chi connectivity index (χ3v) is 1.54. The second kappa shape index (κ2) is 4.56. The standard InChI is InChI=1S/C3H2BrClO4.Na.H/c4-3(5,1(6)7)2(8)9;;/h(H,6,7)(H,8,9);;. The summed E-state index contributed by atoms with van der Waals surface area (Å²) >= 11 is 7.20. The van der Waals surface area contributed by atoms with Gasteiger partial charge >= 0.3 is 41.5 Å². The molecule has 0 aliphatic rings.